The van der Waals surface area contributed by atoms with Gasteiger partial charge in [-0.1, -0.05) is 6.92 Å². The van der Waals surface area contributed by atoms with Gasteiger partial charge in [0.05, 0.1) is 0 Å². The van der Waals surface area contributed by atoms with E-state index < -0.39 is 0 Å². The highest BCUT2D eigenvalue weighted by molar-refractivity contribution is 5.83. The molecule has 0 atom stereocenters. The molecule has 0 unspecified atom stereocenters. The second-order valence-corrected chi connectivity index (χ2v) is 2.23. The summed E-state index contributed by atoms with van der Waals surface area (Å²) < 4.78 is 0. The van der Waals surface area contributed by atoms with Gasteiger partial charge in [-0.25, -0.2) is 5.01 Å². The predicted octanol–water partition coefficient (Wildman–Crippen LogP) is 1.25. The van der Waals surface area contributed by atoms with E-state index in [0.29, 0.717) is 0 Å². The van der Waals surface area contributed by atoms with Crippen LogP contribution in [-0.4, -0.2) is 23.7 Å². The first-order valence-electron chi connectivity index (χ1n) is 3.36. The summed E-state index contributed by atoms with van der Waals surface area (Å²) in [5.41, 5.74) is 0.970. The van der Waals surface area contributed by atoms with Crippen LogP contribution in [0.5, 0.6) is 0 Å². The number of hydrogen-bond acceptors (Lipinski definition) is 2. The van der Waals surface area contributed by atoms with Crippen LogP contribution in [0.3, 0.4) is 0 Å². The molecule has 0 spiro atoms. The van der Waals surface area contributed by atoms with Crippen LogP contribution in [0.2, 0.25) is 0 Å². The van der Waals surface area contributed by atoms with Gasteiger partial charge in [0, 0.05) is 19.7 Å². The minimum Gasteiger partial charge on any atom is -0.273 e. The SMILES string of the molecule is CC/C(C)=N\N(C)C(C)=O. The van der Waals surface area contributed by atoms with Crippen molar-refractivity contribution < 1.29 is 4.79 Å². The molecule has 0 aliphatic rings. The topological polar surface area (TPSA) is 32.7 Å². The van der Waals surface area contributed by atoms with Crippen molar-refractivity contribution in [2.45, 2.75) is 27.2 Å². The van der Waals surface area contributed by atoms with Crippen LogP contribution in [0.25, 0.3) is 0 Å². The van der Waals surface area contributed by atoms with E-state index in [0.717, 1.165) is 12.1 Å². The second-order valence-electron chi connectivity index (χ2n) is 2.23. The van der Waals surface area contributed by atoms with Crippen molar-refractivity contribution in [3.8, 4) is 0 Å². The molecule has 0 aliphatic carbocycles. The van der Waals surface area contributed by atoms with Crippen LogP contribution in [0.15, 0.2) is 5.10 Å². The van der Waals surface area contributed by atoms with Crippen molar-refractivity contribution >= 4 is 11.6 Å². The van der Waals surface area contributed by atoms with E-state index in [1.807, 2.05) is 13.8 Å². The molecule has 0 N–H and O–H groups in total. The van der Waals surface area contributed by atoms with Gasteiger partial charge in [0.25, 0.3) is 0 Å². The van der Waals surface area contributed by atoms with E-state index in [2.05, 4.69) is 5.10 Å². The molecule has 0 fully saturated rings. The van der Waals surface area contributed by atoms with E-state index in [1.54, 1.807) is 7.05 Å². The summed E-state index contributed by atoms with van der Waals surface area (Å²) >= 11 is 0. The van der Waals surface area contributed by atoms with E-state index in [1.165, 1.54) is 11.9 Å². The van der Waals surface area contributed by atoms with Gasteiger partial charge in [-0.2, -0.15) is 5.10 Å². The third-order valence-electron chi connectivity index (χ3n) is 1.29. The summed E-state index contributed by atoms with van der Waals surface area (Å²) in [6.45, 7) is 5.40. The van der Waals surface area contributed by atoms with Crippen LogP contribution in [-0.2, 0) is 4.79 Å². The Bertz CT molecular complexity index is 152. The van der Waals surface area contributed by atoms with Crippen LogP contribution >= 0.6 is 0 Å². The Balaban J connectivity index is 3.99. The highest BCUT2D eigenvalue weighted by Crippen LogP contribution is 1.89. The lowest BCUT2D eigenvalue weighted by Gasteiger charge is -2.07. The van der Waals surface area contributed by atoms with Gasteiger partial charge in [-0.05, 0) is 13.3 Å². The van der Waals surface area contributed by atoms with Gasteiger partial charge in [0.15, 0.2) is 0 Å². The zero-order valence-electron chi connectivity index (χ0n) is 7.01. The fourth-order valence-electron chi connectivity index (χ4n) is 0.397. The third-order valence-corrected chi connectivity index (χ3v) is 1.29. The Morgan fingerprint density at radius 1 is 1.50 bits per heavy atom. The molecule has 3 nitrogen and oxygen atoms in total. The minimum absolute atomic E-state index is 0.0344. The molecule has 0 aromatic carbocycles. The molecule has 0 bridgehead atoms. The van der Waals surface area contributed by atoms with Crippen molar-refractivity contribution in [1.82, 2.24) is 5.01 Å². The van der Waals surface area contributed by atoms with Crippen molar-refractivity contribution in [2.24, 2.45) is 5.10 Å². The van der Waals surface area contributed by atoms with Crippen LogP contribution in [0.4, 0.5) is 0 Å². The van der Waals surface area contributed by atoms with E-state index >= 15 is 0 Å². The number of carbonyl (C=O) groups is 1. The Labute approximate surface area is 61.7 Å². The fourth-order valence-corrected chi connectivity index (χ4v) is 0.397. The summed E-state index contributed by atoms with van der Waals surface area (Å²) in [6, 6.07) is 0. The van der Waals surface area contributed by atoms with Gasteiger partial charge in [0.1, 0.15) is 0 Å². The number of nitrogens with zero attached hydrogens (tertiary/aromatic N) is 2. The highest BCUT2D eigenvalue weighted by Gasteiger charge is 1.97. The van der Waals surface area contributed by atoms with Crippen LogP contribution in [0, 0.1) is 0 Å². The first kappa shape index (κ1) is 9.14. The second kappa shape index (κ2) is 4.04. The smallest absolute Gasteiger partial charge is 0.239 e. The zero-order chi connectivity index (χ0) is 8.15. The van der Waals surface area contributed by atoms with Crippen molar-refractivity contribution in [1.29, 1.82) is 0 Å². The lowest BCUT2D eigenvalue weighted by molar-refractivity contribution is -0.127. The van der Waals surface area contributed by atoms with Gasteiger partial charge in [-0.15, -0.1) is 0 Å². The molecule has 10 heavy (non-hydrogen) atoms. The van der Waals surface area contributed by atoms with E-state index in [9.17, 15) is 4.79 Å². The minimum atomic E-state index is -0.0344. The standard InChI is InChI=1S/C7H14N2O/c1-5-6(2)8-9(4)7(3)10/h5H2,1-4H3/b8-6-. The Morgan fingerprint density at radius 3 is 2.30 bits per heavy atom. The Morgan fingerprint density at radius 2 is 2.00 bits per heavy atom. The number of carbonyl (C=O) groups excluding carboxylic acids is 1. The molecular formula is C7H14N2O. The van der Waals surface area contributed by atoms with Crippen LogP contribution < -0.4 is 0 Å². The summed E-state index contributed by atoms with van der Waals surface area (Å²) in [7, 11) is 1.65. The molecule has 0 saturated carbocycles. The van der Waals surface area contributed by atoms with Crippen molar-refractivity contribution in [3.63, 3.8) is 0 Å². The Hall–Kier alpha value is -0.860. The molecule has 0 radical (unpaired) electrons. The maximum Gasteiger partial charge on any atom is 0.239 e. The highest BCUT2D eigenvalue weighted by atomic mass is 16.2. The molecule has 58 valence electrons. The normalized spacial score (nSPS) is 11.4. The Kier molecular flexibility index (Phi) is 3.69. The van der Waals surface area contributed by atoms with E-state index in [4.69, 9.17) is 0 Å². The maximum atomic E-state index is 10.6. The van der Waals surface area contributed by atoms with Crippen molar-refractivity contribution in [2.75, 3.05) is 7.05 Å². The summed E-state index contributed by atoms with van der Waals surface area (Å²) in [6.07, 6.45) is 0.887. The molecule has 0 saturated heterocycles. The maximum absolute atomic E-state index is 10.6. The number of hydrazone groups is 1. The van der Waals surface area contributed by atoms with Gasteiger partial charge < -0.3 is 0 Å². The number of hydrogen-bond donors (Lipinski definition) is 0. The molecule has 0 rings (SSSR count). The first-order chi connectivity index (χ1) is 4.57. The lowest BCUT2D eigenvalue weighted by Crippen LogP contribution is -2.18. The fraction of sp³-hybridized carbons (Fsp3) is 0.714. The molecule has 3 heteroatoms. The lowest BCUT2D eigenvalue weighted by atomic mass is 10.3. The van der Waals surface area contributed by atoms with Gasteiger partial charge >= 0.3 is 0 Å². The molecule has 0 heterocycles. The molecule has 0 aromatic heterocycles. The summed E-state index contributed by atoms with van der Waals surface area (Å²) in [4.78, 5) is 10.6. The molecule has 0 aliphatic heterocycles. The van der Waals surface area contributed by atoms with Crippen molar-refractivity contribution in [3.05, 3.63) is 0 Å². The number of rotatable bonds is 2. The van der Waals surface area contributed by atoms with Crippen LogP contribution in [0.1, 0.15) is 27.2 Å². The average molecular weight is 142 g/mol. The molecule has 1 amide bonds. The molecule has 0 aromatic rings. The zero-order valence-corrected chi connectivity index (χ0v) is 7.01. The molecular weight excluding hydrogens is 128 g/mol. The third kappa shape index (κ3) is 3.22. The summed E-state index contributed by atoms with van der Waals surface area (Å²) in [5, 5.41) is 5.34. The number of amides is 1. The predicted molar refractivity (Wildman–Crippen MR) is 41.8 cm³/mol. The quantitative estimate of drug-likeness (QED) is 0.422. The summed E-state index contributed by atoms with van der Waals surface area (Å²) in [5.74, 6) is -0.0344. The average Bonchev–Trinajstić information content (AvgIpc) is 1.87. The van der Waals surface area contributed by atoms with E-state index in [-0.39, 0.29) is 5.91 Å². The largest absolute Gasteiger partial charge is 0.273 e. The first-order valence-corrected chi connectivity index (χ1v) is 3.36. The monoisotopic (exact) mass is 142 g/mol. The van der Waals surface area contributed by atoms with Gasteiger partial charge in [-0.3, -0.25) is 4.79 Å². The van der Waals surface area contributed by atoms with Gasteiger partial charge in [0.2, 0.25) is 5.91 Å².